The number of hydrogen-bond donors (Lipinski definition) is 3. The van der Waals surface area contributed by atoms with Gasteiger partial charge in [0.2, 0.25) is 0 Å². The van der Waals surface area contributed by atoms with E-state index in [0.29, 0.717) is 36.9 Å². The van der Waals surface area contributed by atoms with Gasteiger partial charge in [-0.25, -0.2) is 0 Å². The molecule has 0 fully saturated rings. The van der Waals surface area contributed by atoms with Crippen molar-refractivity contribution in [3.8, 4) is 5.75 Å². The summed E-state index contributed by atoms with van der Waals surface area (Å²) in [7, 11) is 3.30. The first kappa shape index (κ1) is 18.3. The van der Waals surface area contributed by atoms with Gasteiger partial charge in [-0.2, -0.15) is 0 Å². The van der Waals surface area contributed by atoms with Crippen LogP contribution < -0.4 is 20.7 Å². The second-order valence-corrected chi connectivity index (χ2v) is 5.33. The summed E-state index contributed by atoms with van der Waals surface area (Å²) in [6.45, 7) is 1.75. The van der Waals surface area contributed by atoms with Crippen molar-refractivity contribution in [2.75, 3.05) is 27.2 Å². The van der Waals surface area contributed by atoms with Gasteiger partial charge in [-0.15, -0.1) is 0 Å². The Labute approximate surface area is 148 Å². The highest BCUT2D eigenvalue weighted by molar-refractivity contribution is 5.94. The summed E-state index contributed by atoms with van der Waals surface area (Å²) in [6.07, 6.45) is 0. The molecular weight excluding hydrogens is 316 g/mol. The van der Waals surface area contributed by atoms with E-state index in [4.69, 9.17) is 4.74 Å². The van der Waals surface area contributed by atoms with Gasteiger partial charge in [0.05, 0.1) is 7.11 Å². The summed E-state index contributed by atoms with van der Waals surface area (Å²) in [4.78, 5) is 16.3. The van der Waals surface area contributed by atoms with E-state index in [1.165, 1.54) is 5.56 Å². The van der Waals surface area contributed by atoms with Crippen molar-refractivity contribution in [3.63, 3.8) is 0 Å². The van der Waals surface area contributed by atoms with Crippen LogP contribution in [-0.4, -0.2) is 39.1 Å². The molecule has 132 valence electrons. The van der Waals surface area contributed by atoms with E-state index in [9.17, 15) is 4.79 Å². The lowest BCUT2D eigenvalue weighted by Gasteiger charge is -2.12. The molecule has 0 bridgehead atoms. The van der Waals surface area contributed by atoms with Crippen LogP contribution in [0.25, 0.3) is 0 Å². The minimum Gasteiger partial charge on any atom is -0.497 e. The molecule has 2 rings (SSSR count). The average molecular weight is 340 g/mol. The third-order valence-corrected chi connectivity index (χ3v) is 3.56. The molecule has 0 aliphatic carbocycles. The highest BCUT2D eigenvalue weighted by Crippen LogP contribution is 2.12. The number of methoxy groups -OCH3 is 1. The number of ether oxygens (including phenoxy) is 1. The molecule has 0 radical (unpaired) electrons. The first-order valence-electron chi connectivity index (χ1n) is 8.13. The summed E-state index contributed by atoms with van der Waals surface area (Å²) in [5, 5.41) is 9.26. The topological polar surface area (TPSA) is 74.8 Å². The van der Waals surface area contributed by atoms with Crippen LogP contribution in [0.4, 0.5) is 0 Å². The van der Waals surface area contributed by atoms with E-state index in [1.54, 1.807) is 38.4 Å². The highest BCUT2D eigenvalue weighted by Gasteiger charge is 2.06. The Morgan fingerprint density at radius 3 is 2.48 bits per heavy atom. The van der Waals surface area contributed by atoms with Gasteiger partial charge >= 0.3 is 0 Å². The molecule has 2 aromatic carbocycles. The molecule has 6 nitrogen and oxygen atoms in total. The molecule has 0 unspecified atom stereocenters. The van der Waals surface area contributed by atoms with Crippen molar-refractivity contribution in [2.24, 2.45) is 4.99 Å². The van der Waals surface area contributed by atoms with Crippen molar-refractivity contribution in [1.82, 2.24) is 16.0 Å². The van der Waals surface area contributed by atoms with Gasteiger partial charge in [-0.3, -0.25) is 9.79 Å². The van der Waals surface area contributed by atoms with E-state index in [0.717, 1.165) is 0 Å². The molecule has 0 aromatic heterocycles. The fraction of sp³-hybridized carbons (Fsp3) is 0.263. The highest BCUT2D eigenvalue weighted by atomic mass is 16.5. The lowest BCUT2D eigenvalue weighted by molar-refractivity contribution is 0.0954. The maximum absolute atomic E-state index is 12.1. The van der Waals surface area contributed by atoms with Crippen molar-refractivity contribution in [1.29, 1.82) is 0 Å². The van der Waals surface area contributed by atoms with Gasteiger partial charge in [0.1, 0.15) is 5.75 Å². The lowest BCUT2D eigenvalue weighted by Crippen LogP contribution is -2.41. The van der Waals surface area contributed by atoms with Gasteiger partial charge in [-0.05, 0) is 23.8 Å². The van der Waals surface area contributed by atoms with Crippen molar-refractivity contribution in [2.45, 2.75) is 6.54 Å². The number of benzene rings is 2. The number of nitrogens with zero attached hydrogens (tertiary/aromatic N) is 1. The Morgan fingerprint density at radius 2 is 1.76 bits per heavy atom. The molecule has 0 saturated carbocycles. The Hall–Kier alpha value is -3.02. The van der Waals surface area contributed by atoms with E-state index < -0.39 is 0 Å². The zero-order valence-corrected chi connectivity index (χ0v) is 14.6. The maximum atomic E-state index is 12.1. The number of amides is 1. The molecule has 2 aromatic rings. The average Bonchev–Trinajstić information content (AvgIpc) is 2.68. The summed E-state index contributed by atoms with van der Waals surface area (Å²) < 4.78 is 5.12. The number of rotatable bonds is 7. The number of aliphatic imine (C=N–C) groups is 1. The van der Waals surface area contributed by atoms with Crippen LogP contribution in [0.1, 0.15) is 15.9 Å². The minimum atomic E-state index is -0.132. The third kappa shape index (κ3) is 6.18. The SMILES string of the molecule is CN=C(NCCNC(=O)c1cccc(OC)c1)NCc1ccccc1. The molecule has 0 heterocycles. The molecule has 6 heteroatoms. The monoisotopic (exact) mass is 340 g/mol. The quantitative estimate of drug-likeness (QED) is 0.408. The van der Waals surface area contributed by atoms with Crippen LogP contribution in [0.2, 0.25) is 0 Å². The predicted molar refractivity (Wildman–Crippen MR) is 100.0 cm³/mol. The standard InChI is InChI=1S/C19H24N4O2/c1-20-19(23-14-15-7-4-3-5-8-15)22-12-11-21-18(24)16-9-6-10-17(13-16)25-2/h3-10,13H,11-12,14H2,1-2H3,(H,21,24)(H2,20,22,23). The fourth-order valence-electron chi connectivity index (χ4n) is 2.23. The van der Waals surface area contributed by atoms with E-state index in [1.807, 2.05) is 18.2 Å². The summed E-state index contributed by atoms with van der Waals surface area (Å²) >= 11 is 0. The van der Waals surface area contributed by atoms with Gasteiger partial charge in [0, 0.05) is 32.2 Å². The molecular formula is C19H24N4O2. The molecule has 0 spiro atoms. The van der Waals surface area contributed by atoms with Crippen LogP contribution in [0.3, 0.4) is 0 Å². The number of hydrogen-bond acceptors (Lipinski definition) is 3. The summed E-state index contributed by atoms with van der Waals surface area (Å²) in [6, 6.07) is 17.2. The van der Waals surface area contributed by atoms with Gasteiger partial charge in [-0.1, -0.05) is 36.4 Å². The molecule has 0 aliphatic heterocycles. The van der Waals surface area contributed by atoms with Gasteiger partial charge < -0.3 is 20.7 Å². The first-order valence-corrected chi connectivity index (χ1v) is 8.13. The zero-order chi connectivity index (χ0) is 17.9. The number of guanidine groups is 1. The lowest BCUT2D eigenvalue weighted by atomic mass is 10.2. The van der Waals surface area contributed by atoms with Crippen molar-refractivity contribution >= 4 is 11.9 Å². The Kier molecular flexibility index (Phi) is 7.31. The van der Waals surface area contributed by atoms with Crippen LogP contribution in [0.15, 0.2) is 59.6 Å². The first-order chi connectivity index (χ1) is 12.2. The number of nitrogens with one attached hydrogen (secondary N) is 3. The minimum absolute atomic E-state index is 0.132. The molecule has 25 heavy (non-hydrogen) atoms. The summed E-state index contributed by atoms with van der Waals surface area (Å²) in [5.41, 5.74) is 1.75. The molecule has 3 N–H and O–H groups in total. The molecule has 0 aliphatic rings. The largest absolute Gasteiger partial charge is 0.497 e. The third-order valence-electron chi connectivity index (χ3n) is 3.56. The number of carbonyl (C=O) groups is 1. The maximum Gasteiger partial charge on any atom is 0.251 e. The fourth-order valence-corrected chi connectivity index (χ4v) is 2.23. The van der Waals surface area contributed by atoms with E-state index in [2.05, 4.69) is 33.1 Å². The second kappa shape index (κ2) is 9.97. The van der Waals surface area contributed by atoms with Crippen LogP contribution >= 0.6 is 0 Å². The molecule has 0 saturated heterocycles. The van der Waals surface area contributed by atoms with E-state index in [-0.39, 0.29) is 5.91 Å². The Balaban J connectivity index is 1.71. The van der Waals surface area contributed by atoms with Crippen LogP contribution in [0, 0.1) is 0 Å². The number of carbonyl (C=O) groups excluding carboxylic acids is 1. The normalized spacial score (nSPS) is 10.9. The van der Waals surface area contributed by atoms with Crippen molar-refractivity contribution in [3.05, 3.63) is 65.7 Å². The second-order valence-electron chi connectivity index (χ2n) is 5.33. The van der Waals surface area contributed by atoms with E-state index >= 15 is 0 Å². The van der Waals surface area contributed by atoms with Gasteiger partial charge in [0.15, 0.2) is 5.96 Å². The van der Waals surface area contributed by atoms with Crippen LogP contribution in [-0.2, 0) is 6.54 Å². The smallest absolute Gasteiger partial charge is 0.251 e. The summed E-state index contributed by atoms with van der Waals surface area (Å²) in [5.74, 6) is 1.23. The van der Waals surface area contributed by atoms with Gasteiger partial charge in [0.25, 0.3) is 5.91 Å². The van der Waals surface area contributed by atoms with Crippen molar-refractivity contribution < 1.29 is 9.53 Å². The Morgan fingerprint density at radius 1 is 1.00 bits per heavy atom. The predicted octanol–water partition coefficient (Wildman–Crippen LogP) is 1.79. The molecule has 1 amide bonds. The Bertz CT molecular complexity index is 702. The zero-order valence-electron chi connectivity index (χ0n) is 14.6. The molecule has 0 atom stereocenters. The van der Waals surface area contributed by atoms with Crippen LogP contribution in [0.5, 0.6) is 5.75 Å².